The SMILES string of the molecule is O=C(NC(=O)c1c(Cl)cccc1Cl)Nc1ccc(-c2ncc(Cl)cc2Cl)cc1O. The van der Waals surface area contributed by atoms with E-state index in [1.165, 1.54) is 36.5 Å². The van der Waals surface area contributed by atoms with Gasteiger partial charge in [0.1, 0.15) is 5.75 Å². The molecule has 0 aliphatic heterocycles. The molecule has 148 valence electrons. The zero-order valence-corrected chi connectivity index (χ0v) is 17.4. The number of nitrogens with one attached hydrogen (secondary N) is 2. The summed E-state index contributed by atoms with van der Waals surface area (Å²) in [6.07, 6.45) is 1.42. The molecule has 0 aliphatic carbocycles. The van der Waals surface area contributed by atoms with Crippen molar-refractivity contribution < 1.29 is 14.7 Å². The molecule has 0 radical (unpaired) electrons. The van der Waals surface area contributed by atoms with Gasteiger partial charge in [-0.3, -0.25) is 15.1 Å². The maximum atomic E-state index is 12.2. The number of hydrogen-bond acceptors (Lipinski definition) is 4. The highest BCUT2D eigenvalue weighted by Crippen LogP contribution is 2.33. The fourth-order valence-corrected chi connectivity index (χ4v) is 3.50. The van der Waals surface area contributed by atoms with E-state index in [4.69, 9.17) is 46.4 Å². The second-order valence-corrected chi connectivity index (χ2v) is 7.38. The maximum absolute atomic E-state index is 12.2. The summed E-state index contributed by atoms with van der Waals surface area (Å²) < 4.78 is 0. The molecule has 3 rings (SSSR count). The number of anilines is 1. The Labute approximate surface area is 185 Å². The third kappa shape index (κ3) is 4.92. The topological polar surface area (TPSA) is 91.3 Å². The molecule has 10 heteroatoms. The summed E-state index contributed by atoms with van der Waals surface area (Å²) in [5, 5.41) is 15.6. The van der Waals surface area contributed by atoms with Gasteiger partial charge in [0, 0.05) is 11.8 Å². The molecule has 0 fully saturated rings. The molecule has 0 bridgehead atoms. The van der Waals surface area contributed by atoms with Crippen molar-refractivity contribution in [2.45, 2.75) is 0 Å². The number of phenols is 1. The van der Waals surface area contributed by atoms with E-state index in [1.54, 1.807) is 12.1 Å². The van der Waals surface area contributed by atoms with E-state index in [-0.39, 0.29) is 27.0 Å². The Morgan fingerprint density at radius 3 is 2.24 bits per heavy atom. The van der Waals surface area contributed by atoms with Gasteiger partial charge >= 0.3 is 6.03 Å². The molecule has 0 atom stereocenters. The van der Waals surface area contributed by atoms with Gasteiger partial charge in [-0.15, -0.1) is 0 Å². The molecule has 6 nitrogen and oxygen atoms in total. The van der Waals surface area contributed by atoms with Crippen LogP contribution < -0.4 is 10.6 Å². The molecular formula is C19H11Cl4N3O3. The standard InChI is InChI=1S/C19H11Cl4N3O3/c20-10-7-13(23)17(24-8-10)9-4-5-14(15(27)6-9)25-19(29)26-18(28)16-11(21)2-1-3-12(16)22/h1-8,27H,(H2,25,26,28,29). The van der Waals surface area contributed by atoms with Gasteiger partial charge in [0.2, 0.25) is 0 Å². The van der Waals surface area contributed by atoms with Crippen LogP contribution in [0.5, 0.6) is 5.75 Å². The normalized spacial score (nSPS) is 10.5. The zero-order chi connectivity index (χ0) is 21.1. The molecule has 3 aromatic rings. The van der Waals surface area contributed by atoms with Crippen molar-refractivity contribution >= 4 is 64.0 Å². The Morgan fingerprint density at radius 2 is 1.62 bits per heavy atom. The smallest absolute Gasteiger partial charge is 0.326 e. The first-order valence-electron chi connectivity index (χ1n) is 7.97. The quantitative estimate of drug-likeness (QED) is 0.407. The molecule has 3 N–H and O–H groups in total. The number of halogens is 4. The molecule has 0 saturated heterocycles. The average Bonchev–Trinajstić information content (AvgIpc) is 2.63. The van der Waals surface area contributed by atoms with E-state index in [1.807, 2.05) is 0 Å². The Balaban J connectivity index is 1.75. The maximum Gasteiger partial charge on any atom is 0.326 e. The van der Waals surface area contributed by atoms with Crippen molar-refractivity contribution in [1.82, 2.24) is 10.3 Å². The summed E-state index contributed by atoms with van der Waals surface area (Å²) in [6.45, 7) is 0. The summed E-state index contributed by atoms with van der Waals surface area (Å²) in [6, 6.07) is 9.55. The van der Waals surface area contributed by atoms with E-state index in [9.17, 15) is 14.7 Å². The number of aromatic nitrogens is 1. The van der Waals surface area contributed by atoms with Gasteiger partial charge < -0.3 is 10.4 Å². The van der Waals surface area contributed by atoms with Crippen LogP contribution in [-0.4, -0.2) is 22.0 Å². The fraction of sp³-hybridized carbons (Fsp3) is 0. The lowest BCUT2D eigenvalue weighted by atomic mass is 10.1. The Kier molecular flexibility index (Phi) is 6.49. The van der Waals surface area contributed by atoms with E-state index in [2.05, 4.69) is 15.6 Å². The van der Waals surface area contributed by atoms with Crippen molar-refractivity contribution in [2.24, 2.45) is 0 Å². The highest BCUT2D eigenvalue weighted by molar-refractivity contribution is 6.40. The van der Waals surface area contributed by atoms with Gasteiger partial charge in [0.25, 0.3) is 5.91 Å². The molecule has 0 spiro atoms. The number of benzene rings is 2. The van der Waals surface area contributed by atoms with Crippen LogP contribution in [0.1, 0.15) is 10.4 Å². The first-order chi connectivity index (χ1) is 13.8. The monoisotopic (exact) mass is 469 g/mol. The van der Waals surface area contributed by atoms with Crippen LogP contribution in [0.25, 0.3) is 11.3 Å². The lowest BCUT2D eigenvalue weighted by Gasteiger charge is -2.11. The van der Waals surface area contributed by atoms with Crippen LogP contribution in [0.15, 0.2) is 48.7 Å². The first kappa shape index (κ1) is 21.2. The minimum Gasteiger partial charge on any atom is -0.506 e. The van der Waals surface area contributed by atoms with Crippen LogP contribution in [0.4, 0.5) is 10.5 Å². The van der Waals surface area contributed by atoms with Gasteiger partial charge in [-0.2, -0.15) is 0 Å². The predicted octanol–water partition coefficient (Wildman–Crippen LogP) is 6.03. The number of amides is 3. The summed E-state index contributed by atoms with van der Waals surface area (Å²) in [5.74, 6) is -1.04. The molecule has 3 amide bonds. The minimum absolute atomic E-state index is 0.0333. The van der Waals surface area contributed by atoms with Crippen LogP contribution in [0, 0.1) is 0 Å². The number of rotatable bonds is 3. The number of pyridine rings is 1. The number of urea groups is 1. The molecular weight excluding hydrogens is 460 g/mol. The van der Waals surface area contributed by atoms with Crippen molar-refractivity contribution in [3.8, 4) is 17.0 Å². The molecule has 1 aromatic heterocycles. The number of imide groups is 1. The summed E-state index contributed by atoms with van der Waals surface area (Å²) >= 11 is 23.8. The number of carbonyl (C=O) groups excluding carboxylic acids is 2. The highest BCUT2D eigenvalue weighted by Gasteiger charge is 2.18. The third-order valence-corrected chi connectivity index (χ3v) is 4.87. The number of hydrogen-bond donors (Lipinski definition) is 3. The van der Waals surface area contributed by atoms with E-state index in [0.29, 0.717) is 21.3 Å². The van der Waals surface area contributed by atoms with Gasteiger partial charge in [-0.05, 0) is 30.3 Å². The molecule has 29 heavy (non-hydrogen) atoms. The van der Waals surface area contributed by atoms with Gasteiger partial charge in [0.05, 0.1) is 37.0 Å². The summed E-state index contributed by atoms with van der Waals surface area (Å²) in [7, 11) is 0. The van der Waals surface area contributed by atoms with Crippen LogP contribution in [0.2, 0.25) is 20.1 Å². The summed E-state index contributed by atoms with van der Waals surface area (Å²) in [5.41, 5.74) is 0.948. The van der Waals surface area contributed by atoms with Gasteiger partial charge in [-0.1, -0.05) is 58.5 Å². The average molecular weight is 471 g/mol. The van der Waals surface area contributed by atoms with Crippen molar-refractivity contribution in [3.63, 3.8) is 0 Å². The second kappa shape index (κ2) is 8.88. The molecule has 0 unspecified atom stereocenters. The van der Waals surface area contributed by atoms with Crippen molar-refractivity contribution in [2.75, 3.05) is 5.32 Å². The van der Waals surface area contributed by atoms with Gasteiger partial charge in [-0.25, -0.2) is 4.79 Å². The Hall–Kier alpha value is -2.51. The second-order valence-electron chi connectivity index (χ2n) is 5.72. The Morgan fingerprint density at radius 1 is 0.931 bits per heavy atom. The number of phenolic OH excluding ortho intramolecular Hbond substituents is 1. The lowest BCUT2D eigenvalue weighted by molar-refractivity contribution is 0.0967. The van der Waals surface area contributed by atoms with Crippen LogP contribution >= 0.6 is 46.4 Å². The lowest BCUT2D eigenvalue weighted by Crippen LogP contribution is -2.34. The summed E-state index contributed by atoms with van der Waals surface area (Å²) in [4.78, 5) is 28.5. The van der Waals surface area contributed by atoms with E-state index >= 15 is 0 Å². The zero-order valence-electron chi connectivity index (χ0n) is 14.3. The fourth-order valence-electron chi connectivity index (χ4n) is 2.45. The first-order valence-corrected chi connectivity index (χ1v) is 9.48. The van der Waals surface area contributed by atoms with Crippen LogP contribution in [0.3, 0.4) is 0 Å². The predicted molar refractivity (Wildman–Crippen MR) is 114 cm³/mol. The number of aromatic hydroxyl groups is 1. The number of nitrogens with zero attached hydrogens (tertiary/aromatic N) is 1. The highest BCUT2D eigenvalue weighted by atomic mass is 35.5. The largest absolute Gasteiger partial charge is 0.506 e. The van der Waals surface area contributed by atoms with E-state index in [0.717, 1.165) is 0 Å². The molecule has 0 saturated carbocycles. The van der Waals surface area contributed by atoms with Crippen LogP contribution in [-0.2, 0) is 0 Å². The van der Waals surface area contributed by atoms with Crippen molar-refractivity contribution in [3.05, 3.63) is 74.3 Å². The van der Waals surface area contributed by atoms with Gasteiger partial charge in [0.15, 0.2) is 0 Å². The van der Waals surface area contributed by atoms with E-state index < -0.39 is 11.9 Å². The minimum atomic E-state index is -0.878. The third-order valence-electron chi connectivity index (χ3n) is 3.74. The molecule has 2 aromatic carbocycles. The van der Waals surface area contributed by atoms with Crippen molar-refractivity contribution in [1.29, 1.82) is 0 Å². The number of carbonyl (C=O) groups is 2. The Bertz CT molecular complexity index is 1100. The molecule has 1 heterocycles. The molecule has 0 aliphatic rings.